The molecule has 0 spiro atoms. The maximum absolute atomic E-state index is 5.51. The molecule has 0 aliphatic heterocycles. The first-order chi connectivity index (χ1) is 6.22. The highest BCUT2D eigenvalue weighted by Gasteiger charge is 1.97. The molecule has 72 valence electrons. The molecule has 0 heterocycles. The van der Waals surface area contributed by atoms with Gasteiger partial charge in [0.15, 0.2) is 0 Å². The van der Waals surface area contributed by atoms with Crippen LogP contribution in [0.2, 0.25) is 0 Å². The quantitative estimate of drug-likeness (QED) is 0.852. The van der Waals surface area contributed by atoms with E-state index >= 15 is 0 Å². The van der Waals surface area contributed by atoms with Gasteiger partial charge in [-0.3, -0.25) is 0 Å². The minimum Gasteiger partial charge on any atom is -0.385 e. The van der Waals surface area contributed by atoms with Crippen LogP contribution in [0.3, 0.4) is 0 Å². The lowest BCUT2D eigenvalue weighted by Gasteiger charge is -2.10. The van der Waals surface area contributed by atoms with E-state index in [1.54, 1.807) is 0 Å². The van der Waals surface area contributed by atoms with E-state index in [1.807, 2.05) is 24.3 Å². The first-order valence-electron chi connectivity index (χ1n) is 4.42. The van der Waals surface area contributed by atoms with Crippen molar-refractivity contribution in [2.45, 2.75) is 6.92 Å². The Morgan fingerprint density at radius 2 is 2.00 bits per heavy atom. The van der Waals surface area contributed by atoms with E-state index in [0.717, 1.165) is 23.2 Å². The van der Waals surface area contributed by atoms with E-state index in [1.165, 1.54) is 0 Å². The molecule has 0 radical (unpaired) electrons. The summed E-state index contributed by atoms with van der Waals surface area (Å²) in [7, 11) is 0. The predicted molar refractivity (Wildman–Crippen MR) is 60.9 cm³/mol. The molecule has 2 nitrogen and oxygen atoms in total. The molecule has 0 aliphatic rings. The Morgan fingerprint density at radius 1 is 1.38 bits per heavy atom. The van der Waals surface area contributed by atoms with E-state index in [4.69, 9.17) is 5.73 Å². The Labute approximate surface area is 87.6 Å². The summed E-state index contributed by atoms with van der Waals surface area (Å²) in [6, 6.07) is 8.14. The number of benzene rings is 1. The van der Waals surface area contributed by atoms with Crippen LogP contribution < -0.4 is 11.1 Å². The lowest BCUT2D eigenvalue weighted by atomic mass is 10.2. The van der Waals surface area contributed by atoms with Crippen LogP contribution in [0.1, 0.15) is 6.92 Å². The van der Waals surface area contributed by atoms with Gasteiger partial charge in [0.25, 0.3) is 0 Å². The first-order valence-corrected chi connectivity index (χ1v) is 5.21. The van der Waals surface area contributed by atoms with Gasteiger partial charge in [0.2, 0.25) is 0 Å². The Morgan fingerprint density at radius 3 is 2.54 bits per heavy atom. The Kier molecular flexibility index (Phi) is 4.25. The molecular weight excluding hydrogens is 228 g/mol. The molecule has 1 rings (SSSR count). The normalized spacial score (nSPS) is 12.5. The number of nitrogens with one attached hydrogen (secondary N) is 1. The fourth-order valence-electron chi connectivity index (χ4n) is 0.943. The minimum atomic E-state index is 0.517. The lowest BCUT2D eigenvalue weighted by molar-refractivity contribution is 0.628. The Hall–Kier alpha value is -0.540. The molecule has 1 atom stereocenters. The third-order valence-corrected chi connectivity index (χ3v) is 2.43. The van der Waals surface area contributed by atoms with Crippen molar-refractivity contribution in [3.63, 3.8) is 0 Å². The molecule has 1 aromatic carbocycles. The molecule has 0 amide bonds. The molecule has 3 N–H and O–H groups in total. The van der Waals surface area contributed by atoms with Gasteiger partial charge in [-0.15, -0.1) is 0 Å². The summed E-state index contributed by atoms with van der Waals surface area (Å²) in [5.74, 6) is 0.517. The molecule has 3 heteroatoms. The summed E-state index contributed by atoms with van der Waals surface area (Å²) < 4.78 is 1.10. The third-order valence-electron chi connectivity index (χ3n) is 1.90. The number of anilines is 1. The van der Waals surface area contributed by atoms with Crippen LogP contribution in [-0.2, 0) is 0 Å². The van der Waals surface area contributed by atoms with Crippen LogP contribution in [0.5, 0.6) is 0 Å². The van der Waals surface area contributed by atoms with Crippen molar-refractivity contribution in [2.24, 2.45) is 11.7 Å². The maximum atomic E-state index is 5.51. The van der Waals surface area contributed by atoms with Crippen molar-refractivity contribution in [3.8, 4) is 0 Å². The zero-order valence-electron chi connectivity index (χ0n) is 7.76. The Bertz CT molecular complexity index is 246. The van der Waals surface area contributed by atoms with E-state index in [-0.39, 0.29) is 0 Å². The summed E-state index contributed by atoms with van der Waals surface area (Å²) in [5, 5.41) is 3.32. The highest BCUT2D eigenvalue weighted by molar-refractivity contribution is 9.10. The van der Waals surface area contributed by atoms with Gasteiger partial charge in [0.05, 0.1) is 0 Å². The molecule has 0 aromatic heterocycles. The molecule has 0 fully saturated rings. The van der Waals surface area contributed by atoms with Crippen molar-refractivity contribution in [1.29, 1.82) is 0 Å². The molecular formula is C10H15BrN2. The van der Waals surface area contributed by atoms with Gasteiger partial charge < -0.3 is 11.1 Å². The van der Waals surface area contributed by atoms with Gasteiger partial charge in [-0.05, 0) is 36.7 Å². The molecule has 1 unspecified atom stereocenters. The summed E-state index contributed by atoms with van der Waals surface area (Å²) in [6.45, 7) is 3.79. The van der Waals surface area contributed by atoms with E-state index in [2.05, 4.69) is 28.2 Å². The van der Waals surface area contributed by atoms with Crippen LogP contribution in [0, 0.1) is 5.92 Å². The van der Waals surface area contributed by atoms with Crippen molar-refractivity contribution >= 4 is 21.6 Å². The lowest BCUT2D eigenvalue weighted by Crippen LogP contribution is -2.19. The monoisotopic (exact) mass is 242 g/mol. The van der Waals surface area contributed by atoms with Crippen molar-refractivity contribution in [2.75, 3.05) is 18.4 Å². The van der Waals surface area contributed by atoms with E-state index < -0.39 is 0 Å². The number of halogens is 1. The van der Waals surface area contributed by atoms with Crippen LogP contribution >= 0.6 is 15.9 Å². The highest BCUT2D eigenvalue weighted by atomic mass is 79.9. The zero-order chi connectivity index (χ0) is 9.68. The second-order valence-corrected chi connectivity index (χ2v) is 4.14. The van der Waals surface area contributed by atoms with Crippen molar-refractivity contribution < 1.29 is 0 Å². The summed E-state index contributed by atoms with van der Waals surface area (Å²) in [6.07, 6.45) is 0. The zero-order valence-corrected chi connectivity index (χ0v) is 9.34. The SMILES string of the molecule is CC(CN)CNc1ccc(Br)cc1. The van der Waals surface area contributed by atoms with Crippen LogP contribution in [0.4, 0.5) is 5.69 Å². The third kappa shape index (κ3) is 3.79. The topological polar surface area (TPSA) is 38.0 Å². The van der Waals surface area contributed by atoms with Crippen LogP contribution in [0.25, 0.3) is 0 Å². The summed E-state index contributed by atoms with van der Waals surface area (Å²) in [4.78, 5) is 0. The number of rotatable bonds is 4. The van der Waals surface area contributed by atoms with Crippen molar-refractivity contribution in [3.05, 3.63) is 28.7 Å². The van der Waals surface area contributed by atoms with Gasteiger partial charge in [-0.1, -0.05) is 22.9 Å². The average molecular weight is 243 g/mol. The van der Waals surface area contributed by atoms with Gasteiger partial charge in [-0.25, -0.2) is 0 Å². The first kappa shape index (κ1) is 10.5. The number of nitrogens with two attached hydrogens (primary N) is 1. The summed E-state index contributed by atoms with van der Waals surface area (Å²) in [5.41, 5.74) is 6.65. The molecule has 1 aromatic rings. The molecule has 0 saturated carbocycles. The van der Waals surface area contributed by atoms with Gasteiger partial charge in [0, 0.05) is 16.7 Å². The second-order valence-electron chi connectivity index (χ2n) is 3.23. The minimum absolute atomic E-state index is 0.517. The largest absolute Gasteiger partial charge is 0.385 e. The molecule has 0 aliphatic carbocycles. The molecule has 13 heavy (non-hydrogen) atoms. The predicted octanol–water partition coefficient (Wildman–Crippen LogP) is 2.46. The van der Waals surface area contributed by atoms with Crippen LogP contribution in [0.15, 0.2) is 28.7 Å². The number of hydrogen-bond acceptors (Lipinski definition) is 2. The fourth-order valence-corrected chi connectivity index (χ4v) is 1.21. The van der Waals surface area contributed by atoms with E-state index in [0.29, 0.717) is 5.92 Å². The summed E-state index contributed by atoms with van der Waals surface area (Å²) >= 11 is 3.39. The smallest absolute Gasteiger partial charge is 0.0341 e. The molecule has 0 bridgehead atoms. The van der Waals surface area contributed by atoms with Crippen molar-refractivity contribution in [1.82, 2.24) is 0 Å². The Balaban J connectivity index is 2.41. The number of hydrogen-bond donors (Lipinski definition) is 2. The standard InChI is InChI=1S/C10H15BrN2/c1-8(6-12)7-13-10-4-2-9(11)3-5-10/h2-5,8,13H,6-7,12H2,1H3. The fraction of sp³-hybridized carbons (Fsp3) is 0.400. The average Bonchev–Trinajstić information content (AvgIpc) is 2.16. The van der Waals surface area contributed by atoms with Gasteiger partial charge >= 0.3 is 0 Å². The molecule has 0 saturated heterocycles. The van der Waals surface area contributed by atoms with Gasteiger partial charge in [0.1, 0.15) is 0 Å². The van der Waals surface area contributed by atoms with Crippen LogP contribution in [-0.4, -0.2) is 13.1 Å². The van der Waals surface area contributed by atoms with E-state index in [9.17, 15) is 0 Å². The second kappa shape index (κ2) is 5.25. The van der Waals surface area contributed by atoms with Gasteiger partial charge in [-0.2, -0.15) is 0 Å². The maximum Gasteiger partial charge on any atom is 0.0341 e. The highest BCUT2D eigenvalue weighted by Crippen LogP contribution is 2.14.